The molecule has 0 saturated carbocycles. The summed E-state index contributed by atoms with van der Waals surface area (Å²) in [4.78, 5) is 40.5. The number of fused-ring (bicyclic) bond motifs is 1. The molecule has 0 bridgehead atoms. The molecular weight excluding hydrogens is 392 g/mol. The largest absolute Gasteiger partial charge is 0.322 e. The lowest BCUT2D eigenvalue weighted by Gasteiger charge is -2.29. The first kappa shape index (κ1) is 23.0. The molecule has 3 amide bonds. The number of imide groups is 1. The summed E-state index contributed by atoms with van der Waals surface area (Å²) in [6, 6.07) is 7.49. The number of piperidine rings is 1. The minimum atomic E-state index is -0.562. The monoisotopic (exact) mass is 424 g/mol. The predicted octanol–water partition coefficient (Wildman–Crippen LogP) is 2.79. The van der Waals surface area contributed by atoms with Crippen LogP contribution in [0.15, 0.2) is 18.2 Å². The van der Waals surface area contributed by atoms with Gasteiger partial charge in [0.2, 0.25) is 11.8 Å². The topological polar surface area (TPSA) is 93.5 Å². The van der Waals surface area contributed by atoms with Crippen LogP contribution in [0.2, 0.25) is 0 Å². The fourth-order valence-electron chi connectivity index (χ4n) is 4.52. The molecule has 1 aromatic carbocycles. The molecule has 166 valence electrons. The van der Waals surface area contributed by atoms with Crippen molar-refractivity contribution in [3.05, 3.63) is 34.9 Å². The highest BCUT2D eigenvalue weighted by Crippen LogP contribution is 2.30. The van der Waals surface area contributed by atoms with E-state index in [1.165, 1.54) is 5.56 Å². The zero-order valence-electron chi connectivity index (χ0n) is 18.4. The number of rotatable bonds is 11. The van der Waals surface area contributed by atoms with E-state index in [1.807, 2.05) is 12.1 Å². The van der Waals surface area contributed by atoms with Gasteiger partial charge in [0.05, 0.1) is 6.07 Å². The Morgan fingerprint density at radius 3 is 2.71 bits per heavy atom. The molecule has 0 radical (unpaired) electrons. The molecule has 7 nitrogen and oxygen atoms in total. The molecule has 0 aliphatic carbocycles. The summed E-state index contributed by atoms with van der Waals surface area (Å²) in [5, 5.41) is 11.1. The van der Waals surface area contributed by atoms with Gasteiger partial charge in [-0.2, -0.15) is 5.26 Å². The maximum Gasteiger partial charge on any atom is 0.255 e. The highest BCUT2D eigenvalue weighted by Gasteiger charge is 2.39. The summed E-state index contributed by atoms with van der Waals surface area (Å²) in [7, 11) is 0. The minimum absolute atomic E-state index is 0.108. The molecule has 1 aromatic rings. The Bertz CT molecular complexity index is 861. The van der Waals surface area contributed by atoms with Gasteiger partial charge in [0, 0.05) is 31.5 Å². The van der Waals surface area contributed by atoms with Crippen LogP contribution >= 0.6 is 0 Å². The van der Waals surface area contributed by atoms with E-state index in [1.54, 1.807) is 4.90 Å². The Labute approximate surface area is 184 Å². The van der Waals surface area contributed by atoms with Crippen LogP contribution in [-0.2, 0) is 22.6 Å². The molecule has 2 heterocycles. The van der Waals surface area contributed by atoms with Crippen molar-refractivity contribution in [3.63, 3.8) is 0 Å². The number of hydrogen-bond donors (Lipinski definition) is 1. The van der Waals surface area contributed by atoms with Crippen molar-refractivity contribution in [2.75, 3.05) is 19.6 Å². The van der Waals surface area contributed by atoms with E-state index in [2.05, 4.69) is 29.3 Å². The fourth-order valence-corrected chi connectivity index (χ4v) is 4.52. The lowest BCUT2D eigenvalue weighted by atomic mass is 9.98. The van der Waals surface area contributed by atoms with Crippen molar-refractivity contribution in [2.45, 2.75) is 70.9 Å². The number of benzene rings is 1. The summed E-state index contributed by atoms with van der Waals surface area (Å²) in [6.45, 7) is 5.44. The van der Waals surface area contributed by atoms with E-state index in [0.717, 1.165) is 57.3 Å². The van der Waals surface area contributed by atoms with Crippen molar-refractivity contribution in [2.24, 2.45) is 0 Å². The molecule has 31 heavy (non-hydrogen) atoms. The van der Waals surface area contributed by atoms with Crippen LogP contribution in [0.1, 0.15) is 73.4 Å². The number of unbranched alkanes of at least 4 members (excludes halogenated alkanes) is 3. The number of aryl methyl sites for hydroxylation is 1. The first-order chi connectivity index (χ1) is 15.0. The van der Waals surface area contributed by atoms with Crippen LogP contribution in [0.5, 0.6) is 0 Å². The van der Waals surface area contributed by atoms with Gasteiger partial charge in [-0.25, -0.2) is 0 Å². The summed E-state index contributed by atoms with van der Waals surface area (Å²) in [5.41, 5.74) is 2.91. The van der Waals surface area contributed by atoms with Crippen molar-refractivity contribution in [1.82, 2.24) is 15.1 Å². The van der Waals surface area contributed by atoms with E-state index in [9.17, 15) is 14.4 Å². The minimum Gasteiger partial charge on any atom is -0.322 e. The average Bonchev–Trinajstić information content (AvgIpc) is 3.10. The number of nitrogens with zero attached hydrogens (tertiary/aromatic N) is 3. The molecule has 1 atom stereocenters. The number of nitrogens with one attached hydrogen (secondary N) is 1. The average molecular weight is 425 g/mol. The third kappa shape index (κ3) is 5.71. The van der Waals surface area contributed by atoms with E-state index in [-0.39, 0.29) is 24.1 Å². The smallest absolute Gasteiger partial charge is 0.255 e. The van der Waals surface area contributed by atoms with Crippen LogP contribution in [0, 0.1) is 11.3 Å². The maximum absolute atomic E-state index is 12.9. The Kier molecular flexibility index (Phi) is 8.19. The highest BCUT2D eigenvalue weighted by molar-refractivity contribution is 6.05. The SMILES string of the molecule is CCN(CCC#N)CCCCCCc1cccc2c1CN(C1CCC(=O)NC1=O)C2=O. The fraction of sp³-hybridized carbons (Fsp3) is 0.583. The number of carbonyl (C=O) groups is 3. The van der Waals surface area contributed by atoms with Gasteiger partial charge in [0.15, 0.2) is 0 Å². The molecule has 7 heteroatoms. The standard InChI is InChI=1S/C24H32N4O3/c1-2-27(16-8-14-25)15-6-4-3-5-9-18-10-7-11-19-20(18)17-28(24(19)31)21-12-13-22(29)26-23(21)30/h7,10-11,21H,2-6,8-9,12-13,15-17H2,1H3,(H,26,29,30). The van der Waals surface area contributed by atoms with Gasteiger partial charge in [-0.1, -0.05) is 31.9 Å². The molecule has 0 spiro atoms. The van der Waals surface area contributed by atoms with Crippen molar-refractivity contribution in [1.29, 1.82) is 5.26 Å². The van der Waals surface area contributed by atoms with E-state index >= 15 is 0 Å². The maximum atomic E-state index is 12.9. The zero-order chi connectivity index (χ0) is 22.2. The summed E-state index contributed by atoms with van der Waals surface area (Å²) < 4.78 is 0. The van der Waals surface area contributed by atoms with Gasteiger partial charge in [0.25, 0.3) is 5.91 Å². The van der Waals surface area contributed by atoms with Gasteiger partial charge in [-0.3, -0.25) is 19.7 Å². The van der Waals surface area contributed by atoms with E-state index < -0.39 is 6.04 Å². The highest BCUT2D eigenvalue weighted by atomic mass is 16.2. The van der Waals surface area contributed by atoms with Crippen molar-refractivity contribution < 1.29 is 14.4 Å². The molecule has 1 unspecified atom stereocenters. The molecule has 1 fully saturated rings. The third-order valence-corrected chi connectivity index (χ3v) is 6.34. The number of amides is 3. The van der Waals surface area contributed by atoms with Gasteiger partial charge in [-0.05, 0) is 56.0 Å². The van der Waals surface area contributed by atoms with Gasteiger partial charge in [0.1, 0.15) is 6.04 Å². The van der Waals surface area contributed by atoms with Gasteiger partial charge < -0.3 is 9.80 Å². The van der Waals surface area contributed by atoms with Crippen LogP contribution < -0.4 is 5.32 Å². The Morgan fingerprint density at radius 1 is 1.16 bits per heavy atom. The Hall–Kier alpha value is -2.72. The first-order valence-corrected chi connectivity index (χ1v) is 11.4. The summed E-state index contributed by atoms with van der Waals surface area (Å²) in [5.74, 6) is -0.739. The molecule has 1 N–H and O–H groups in total. The molecule has 0 aromatic heterocycles. The predicted molar refractivity (Wildman–Crippen MR) is 117 cm³/mol. The second kappa shape index (κ2) is 11.1. The Morgan fingerprint density at radius 2 is 1.97 bits per heavy atom. The van der Waals surface area contributed by atoms with Crippen LogP contribution in [0.3, 0.4) is 0 Å². The zero-order valence-corrected chi connectivity index (χ0v) is 18.4. The lowest BCUT2D eigenvalue weighted by molar-refractivity contribution is -0.136. The number of nitriles is 1. The van der Waals surface area contributed by atoms with Gasteiger partial charge >= 0.3 is 0 Å². The lowest BCUT2D eigenvalue weighted by Crippen LogP contribution is -2.52. The van der Waals surface area contributed by atoms with Gasteiger partial charge in [-0.15, -0.1) is 0 Å². The molecule has 3 rings (SSSR count). The van der Waals surface area contributed by atoms with E-state index in [0.29, 0.717) is 24.9 Å². The molecule has 2 aliphatic rings. The number of carbonyl (C=O) groups excluding carboxylic acids is 3. The normalized spacial score (nSPS) is 18.3. The van der Waals surface area contributed by atoms with Crippen molar-refractivity contribution >= 4 is 17.7 Å². The summed E-state index contributed by atoms with van der Waals surface area (Å²) >= 11 is 0. The van der Waals surface area contributed by atoms with Crippen LogP contribution in [0.25, 0.3) is 0 Å². The van der Waals surface area contributed by atoms with Crippen molar-refractivity contribution in [3.8, 4) is 6.07 Å². The second-order valence-electron chi connectivity index (χ2n) is 8.35. The van der Waals surface area contributed by atoms with E-state index in [4.69, 9.17) is 5.26 Å². The quantitative estimate of drug-likeness (QED) is 0.435. The first-order valence-electron chi connectivity index (χ1n) is 11.4. The molecule has 2 aliphatic heterocycles. The summed E-state index contributed by atoms with van der Waals surface area (Å²) in [6.07, 6.45) is 6.65. The third-order valence-electron chi connectivity index (χ3n) is 6.34. The molecule has 1 saturated heterocycles. The van der Waals surface area contributed by atoms with Crippen LogP contribution in [0.4, 0.5) is 0 Å². The van der Waals surface area contributed by atoms with Crippen LogP contribution in [-0.4, -0.2) is 53.2 Å². The second-order valence-corrected chi connectivity index (χ2v) is 8.35. The Balaban J connectivity index is 1.49. The molecular formula is C24H32N4O3. The number of hydrogen-bond acceptors (Lipinski definition) is 5.